The number of halogens is 3. The first kappa shape index (κ1) is 15.9. The van der Waals surface area contributed by atoms with Crippen molar-refractivity contribution >= 4 is 5.97 Å². The van der Waals surface area contributed by atoms with Crippen LogP contribution >= 0.6 is 0 Å². The second kappa shape index (κ2) is 6.08. The molecule has 0 atom stereocenters. The third-order valence-electron chi connectivity index (χ3n) is 2.85. The van der Waals surface area contributed by atoms with E-state index in [4.69, 9.17) is 4.74 Å². The Balaban J connectivity index is 2.24. The van der Waals surface area contributed by atoms with Crippen LogP contribution in [0.15, 0.2) is 24.3 Å². The molecule has 1 heterocycles. The van der Waals surface area contributed by atoms with Crippen LogP contribution in [0.3, 0.4) is 0 Å². The molecule has 22 heavy (non-hydrogen) atoms. The molecule has 0 bridgehead atoms. The van der Waals surface area contributed by atoms with Crippen molar-refractivity contribution in [2.45, 2.75) is 20.2 Å². The lowest BCUT2D eigenvalue weighted by Gasteiger charge is -2.09. The Morgan fingerprint density at radius 1 is 1.27 bits per heavy atom. The van der Waals surface area contributed by atoms with Gasteiger partial charge < -0.3 is 9.47 Å². The standard InChI is InChI=1S/C14H13F3N2O3/c1-3-21-13(20)12-8(2)11(18-19-12)9-4-6-10(7-5-9)22-14(15,16)17/h4-7H,3H2,1-2H3,(H,18,19). The van der Waals surface area contributed by atoms with Gasteiger partial charge in [-0.25, -0.2) is 4.79 Å². The predicted molar refractivity (Wildman–Crippen MR) is 71.4 cm³/mol. The van der Waals surface area contributed by atoms with Crippen LogP contribution in [0.25, 0.3) is 11.3 Å². The zero-order chi connectivity index (χ0) is 16.3. The van der Waals surface area contributed by atoms with Gasteiger partial charge in [0.2, 0.25) is 0 Å². The normalized spacial score (nSPS) is 11.3. The van der Waals surface area contributed by atoms with Gasteiger partial charge in [-0.15, -0.1) is 13.2 Å². The van der Waals surface area contributed by atoms with E-state index in [9.17, 15) is 18.0 Å². The van der Waals surface area contributed by atoms with Crippen LogP contribution in [0.2, 0.25) is 0 Å². The Labute approximate surface area is 124 Å². The molecule has 1 N–H and O–H groups in total. The summed E-state index contributed by atoms with van der Waals surface area (Å²) in [6.07, 6.45) is -4.74. The average molecular weight is 314 g/mol. The van der Waals surface area contributed by atoms with Gasteiger partial charge >= 0.3 is 12.3 Å². The van der Waals surface area contributed by atoms with E-state index in [0.717, 1.165) is 0 Å². The van der Waals surface area contributed by atoms with Gasteiger partial charge in [-0.2, -0.15) is 5.10 Å². The third-order valence-corrected chi connectivity index (χ3v) is 2.85. The molecule has 2 aromatic rings. The first-order valence-corrected chi connectivity index (χ1v) is 6.40. The highest BCUT2D eigenvalue weighted by atomic mass is 19.4. The Kier molecular flexibility index (Phi) is 4.39. The minimum absolute atomic E-state index is 0.215. The van der Waals surface area contributed by atoms with Crippen molar-refractivity contribution in [3.05, 3.63) is 35.5 Å². The summed E-state index contributed by atoms with van der Waals surface area (Å²) in [5.74, 6) is -0.856. The summed E-state index contributed by atoms with van der Waals surface area (Å²) < 4.78 is 45.0. The van der Waals surface area contributed by atoms with Crippen LogP contribution in [-0.4, -0.2) is 29.1 Å². The van der Waals surface area contributed by atoms with E-state index < -0.39 is 12.3 Å². The molecule has 2 rings (SSSR count). The van der Waals surface area contributed by atoms with Crippen molar-refractivity contribution in [1.82, 2.24) is 10.2 Å². The number of hydrogen-bond donors (Lipinski definition) is 1. The third kappa shape index (κ3) is 3.57. The summed E-state index contributed by atoms with van der Waals surface area (Å²) in [5.41, 5.74) is 1.79. The van der Waals surface area contributed by atoms with E-state index in [1.807, 2.05) is 0 Å². The molecular weight excluding hydrogens is 301 g/mol. The average Bonchev–Trinajstić information content (AvgIpc) is 2.80. The van der Waals surface area contributed by atoms with E-state index in [0.29, 0.717) is 16.8 Å². The molecule has 0 aliphatic carbocycles. The van der Waals surface area contributed by atoms with Crippen molar-refractivity contribution in [2.24, 2.45) is 0 Å². The zero-order valence-corrected chi connectivity index (χ0v) is 11.8. The lowest BCUT2D eigenvalue weighted by Crippen LogP contribution is -2.16. The van der Waals surface area contributed by atoms with Crippen molar-refractivity contribution in [3.63, 3.8) is 0 Å². The van der Waals surface area contributed by atoms with Gasteiger partial charge in [-0.1, -0.05) is 0 Å². The van der Waals surface area contributed by atoms with Crippen LogP contribution in [0.5, 0.6) is 5.75 Å². The molecule has 0 amide bonds. The fourth-order valence-corrected chi connectivity index (χ4v) is 1.90. The highest BCUT2D eigenvalue weighted by Gasteiger charge is 2.31. The number of esters is 1. The lowest BCUT2D eigenvalue weighted by atomic mass is 10.1. The van der Waals surface area contributed by atoms with Crippen LogP contribution < -0.4 is 4.74 Å². The van der Waals surface area contributed by atoms with Crippen molar-refractivity contribution in [3.8, 4) is 17.0 Å². The van der Waals surface area contributed by atoms with Crippen LogP contribution in [0.4, 0.5) is 13.2 Å². The fourth-order valence-electron chi connectivity index (χ4n) is 1.90. The monoisotopic (exact) mass is 314 g/mol. The maximum Gasteiger partial charge on any atom is 0.573 e. The van der Waals surface area contributed by atoms with Gasteiger partial charge in [0.15, 0.2) is 0 Å². The molecule has 5 nitrogen and oxygen atoms in total. The highest BCUT2D eigenvalue weighted by molar-refractivity contribution is 5.91. The number of benzene rings is 1. The second-order valence-electron chi connectivity index (χ2n) is 4.36. The minimum atomic E-state index is -4.74. The Morgan fingerprint density at radius 2 is 1.91 bits per heavy atom. The number of ether oxygens (including phenoxy) is 2. The predicted octanol–water partition coefficient (Wildman–Crippen LogP) is 3.46. The lowest BCUT2D eigenvalue weighted by molar-refractivity contribution is -0.274. The Bertz CT molecular complexity index is 663. The van der Waals surface area contributed by atoms with Gasteiger partial charge in [0.05, 0.1) is 12.3 Å². The summed E-state index contributed by atoms with van der Waals surface area (Å²) in [7, 11) is 0. The minimum Gasteiger partial charge on any atom is -0.461 e. The molecule has 8 heteroatoms. The molecule has 1 aromatic carbocycles. The van der Waals surface area contributed by atoms with E-state index >= 15 is 0 Å². The number of carbonyl (C=O) groups excluding carboxylic acids is 1. The van der Waals surface area contributed by atoms with Gasteiger partial charge in [0.1, 0.15) is 11.4 Å². The second-order valence-corrected chi connectivity index (χ2v) is 4.36. The molecule has 0 aliphatic rings. The van der Waals surface area contributed by atoms with Gasteiger partial charge in [0.25, 0.3) is 0 Å². The van der Waals surface area contributed by atoms with Gasteiger partial charge in [-0.05, 0) is 38.1 Å². The zero-order valence-electron chi connectivity index (χ0n) is 11.8. The maximum atomic E-state index is 12.1. The van der Waals surface area contributed by atoms with E-state index in [1.165, 1.54) is 24.3 Å². The molecule has 0 saturated heterocycles. The molecule has 0 spiro atoms. The van der Waals surface area contributed by atoms with Crippen molar-refractivity contribution in [2.75, 3.05) is 6.61 Å². The van der Waals surface area contributed by atoms with Crippen LogP contribution in [0.1, 0.15) is 23.0 Å². The SMILES string of the molecule is CCOC(=O)c1[nH]nc(-c2ccc(OC(F)(F)F)cc2)c1C. The summed E-state index contributed by atoms with van der Waals surface area (Å²) in [4.78, 5) is 11.7. The molecule has 0 fully saturated rings. The number of aromatic nitrogens is 2. The first-order chi connectivity index (χ1) is 10.3. The topological polar surface area (TPSA) is 64.2 Å². The summed E-state index contributed by atoms with van der Waals surface area (Å²) in [6.45, 7) is 3.59. The molecule has 0 aliphatic heterocycles. The Morgan fingerprint density at radius 3 is 2.45 bits per heavy atom. The molecule has 0 saturated carbocycles. The van der Waals surface area contributed by atoms with Gasteiger partial charge in [-0.3, -0.25) is 5.10 Å². The van der Waals surface area contributed by atoms with E-state index in [-0.39, 0.29) is 18.1 Å². The maximum absolute atomic E-state index is 12.1. The number of alkyl halides is 3. The molecule has 118 valence electrons. The number of hydrogen-bond acceptors (Lipinski definition) is 4. The van der Waals surface area contributed by atoms with Crippen molar-refractivity contribution < 1.29 is 27.4 Å². The fraction of sp³-hybridized carbons (Fsp3) is 0.286. The molecule has 0 unspecified atom stereocenters. The van der Waals surface area contributed by atoms with Crippen molar-refractivity contribution in [1.29, 1.82) is 0 Å². The number of nitrogens with zero attached hydrogens (tertiary/aromatic N) is 1. The van der Waals surface area contributed by atoms with Gasteiger partial charge in [0, 0.05) is 11.1 Å². The quantitative estimate of drug-likeness (QED) is 0.878. The number of nitrogens with one attached hydrogen (secondary N) is 1. The summed E-state index contributed by atoms with van der Waals surface area (Å²) in [5, 5.41) is 6.58. The number of aromatic amines is 1. The largest absolute Gasteiger partial charge is 0.573 e. The highest BCUT2D eigenvalue weighted by Crippen LogP contribution is 2.28. The van der Waals surface area contributed by atoms with Crippen LogP contribution in [0, 0.1) is 6.92 Å². The van der Waals surface area contributed by atoms with Crippen LogP contribution in [-0.2, 0) is 4.74 Å². The van der Waals surface area contributed by atoms with E-state index in [2.05, 4.69) is 14.9 Å². The van der Waals surface area contributed by atoms with E-state index in [1.54, 1.807) is 13.8 Å². The number of rotatable bonds is 4. The first-order valence-electron chi connectivity index (χ1n) is 6.40. The summed E-state index contributed by atoms with van der Waals surface area (Å²) >= 11 is 0. The Hall–Kier alpha value is -2.51. The molecule has 0 radical (unpaired) electrons. The molecule has 1 aromatic heterocycles. The number of H-pyrrole nitrogens is 1. The molecular formula is C14H13F3N2O3. The smallest absolute Gasteiger partial charge is 0.461 e. The summed E-state index contributed by atoms with van der Waals surface area (Å²) in [6, 6.07) is 5.22. The number of carbonyl (C=O) groups is 1.